The number of aromatic amines is 2. The van der Waals surface area contributed by atoms with Crippen LogP contribution in [0.15, 0.2) is 73.3 Å². The third-order valence-corrected chi connectivity index (χ3v) is 5.95. The fourth-order valence-corrected chi connectivity index (χ4v) is 4.02. The number of carboxylic acid groups (broad SMARTS) is 1. The van der Waals surface area contributed by atoms with E-state index < -0.39 is 42.5 Å². The van der Waals surface area contributed by atoms with Crippen molar-refractivity contribution in [1.29, 1.82) is 0 Å². The topological polar surface area (TPSA) is 178 Å². The van der Waals surface area contributed by atoms with Crippen molar-refractivity contribution in [2.45, 2.75) is 31.5 Å². The van der Waals surface area contributed by atoms with E-state index in [0.717, 1.165) is 22.0 Å². The fraction of sp³-hybridized carbons (Fsp3) is 0.222. The highest BCUT2D eigenvalue weighted by molar-refractivity contribution is 5.93. The number of ether oxygens (including phenoxy) is 1. The molecular weight excluding hydrogens is 504 g/mol. The van der Waals surface area contributed by atoms with Gasteiger partial charge in [-0.25, -0.2) is 9.78 Å². The standard InChI is InChI=1S/C27H28N6O6/c34-24(35)14-30-25(36)22(10-18-12-29-21-9-5-4-8-20(18)21)32-26(37)23(11-19-13-28-16-31-19)33-27(38)39-15-17-6-2-1-3-7-17/h1-9,12-13,16,22-23,29H,10-11,14-15H2,(H,28,31)(H,30,36)(H,32,37)(H,33,38)(H,34,35)/t22-,23-/m0/s1. The number of aliphatic carboxylic acids is 1. The maximum absolute atomic E-state index is 13.4. The fourth-order valence-electron chi connectivity index (χ4n) is 4.02. The first-order valence-electron chi connectivity index (χ1n) is 12.2. The predicted molar refractivity (Wildman–Crippen MR) is 140 cm³/mol. The van der Waals surface area contributed by atoms with Crippen molar-refractivity contribution in [2.24, 2.45) is 0 Å². The van der Waals surface area contributed by atoms with E-state index in [2.05, 4.69) is 30.9 Å². The van der Waals surface area contributed by atoms with Gasteiger partial charge in [0.2, 0.25) is 11.8 Å². The Morgan fingerprint density at radius 3 is 2.38 bits per heavy atom. The summed E-state index contributed by atoms with van der Waals surface area (Å²) in [4.78, 5) is 59.9. The Kier molecular flexibility index (Phi) is 8.91. The van der Waals surface area contributed by atoms with Crippen LogP contribution < -0.4 is 16.0 Å². The normalized spacial score (nSPS) is 12.3. The van der Waals surface area contributed by atoms with E-state index in [1.807, 2.05) is 42.5 Å². The number of carbonyl (C=O) groups is 4. The molecule has 0 unspecified atom stereocenters. The van der Waals surface area contributed by atoms with Crippen LogP contribution in [0, 0.1) is 0 Å². The zero-order chi connectivity index (χ0) is 27.6. The third kappa shape index (κ3) is 7.68. The van der Waals surface area contributed by atoms with Gasteiger partial charge in [-0.2, -0.15) is 0 Å². The van der Waals surface area contributed by atoms with Crippen LogP contribution in [0.25, 0.3) is 10.9 Å². The van der Waals surface area contributed by atoms with Crippen molar-refractivity contribution in [3.8, 4) is 0 Å². The van der Waals surface area contributed by atoms with Gasteiger partial charge in [-0.15, -0.1) is 0 Å². The van der Waals surface area contributed by atoms with Crippen LogP contribution in [0.1, 0.15) is 16.8 Å². The zero-order valence-corrected chi connectivity index (χ0v) is 20.8. The van der Waals surface area contributed by atoms with Crippen molar-refractivity contribution in [2.75, 3.05) is 6.54 Å². The minimum Gasteiger partial charge on any atom is -0.480 e. The number of para-hydroxylation sites is 1. The van der Waals surface area contributed by atoms with E-state index >= 15 is 0 Å². The molecule has 12 heteroatoms. The number of aromatic nitrogens is 3. The highest BCUT2D eigenvalue weighted by atomic mass is 16.5. The number of hydrogen-bond acceptors (Lipinski definition) is 6. The molecule has 0 aliphatic carbocycles. The highest BCUT2D eigenvalue weighted by Gasteiger charge is 2.29. The summed E-state index contributed by atoms with van der Waals surface area (Å²) >= 11 is 0. The smallest absolute Gasteiger partial charge is 0.408 e. The molecule has 0 spiro atoms. The lowest BCUT2D eigenvalue weighted by atomic mass is 10.0. The summed E-state index contributed by atoms with van der Waals surface area (Å²) in [6.07, 6.45) is 3.99. The van der Waals surface area contributed by atoms with Gasteiger partial charge in [0.05, 0.1) is 6.33 Å². The van der Waals surface area contributed by atoms with Gasteiger partial charge in [0, 0.05) is 41.8 Å². The van der Waals surface area contributed by atoms with E-state index in [1.165, 1.54) is 12.5 Å². The Hall–Kier alpha value is -5.13. The molecule has 6 N–H and O–H groups in total. The zero-order valence-electron chi connectivity index (χ0n) is 20.8. The monoisotopic (exact) mass is 532 g/mol. The lowest BCUT2D eigenvalue weighted by Crippen LogP contribution is -2.55. The molecule has 0 bridgehead atoms. The van der Waals surface area contributed by atoms with Crippen molar-refractivity contribution in [3.05, 3.63) is 90.1 Å². The van der Waals surface area contributed by atoms with Gasteiger partial charge in [-0.1, -0.05) is 48.5 Å². The summed E-state index contributed by atoms with van der Waals surface area (Å²) in [7, 11) is 0. The third-order valence-electron chi connectivity index (χ3n) is 5.95. The second-order valence-electron chi connectivity index (χ2n) is 8.78. The van der Waals surface area contributed by atoms with Crippen LogP contribution in [0.5, 0.6) is 0 Å². The predicted octanol–water partition coefficient (Wildman–Crippen LogP) is 1.66. The average Bonchev–Trinajstić information content (AvgIpc) is 3.60. The lowest BCUT2D eigenvalue weighted by molar-refractivity contribution is -0.138. The number of carboxylic acids is 1. The van der Waals surface area contributed by atoms with Crippen molar-refractivity contribution in [3.63, 3.8) is 0 Å². The number of imidazole rings is 1. The summed E-state index contributed by atoms with van der Waals surface area (Å²) in [5, 5.41) is 17.4. The van der Waals surface area contributed by atoms with Gasteiger partial charge in [-0.05, 0) is 17.2 Å². The Balaban J connectivity index is 1.49. The number of fused-ring (bicyclic) bond motifs is 1. The molecular formula is C27H28N6O6. The van der Waals surface area contributed by atoms with Gasteiger partial charge < -0.3 is 35.8 Å². The van der Waals surface area contributed by atoms with Crippen LogP contribution >= 0.6 is 0 Å². The molecule has 2 aromatic heterocycles. The Morgan fingerprint density at radius 1 is 0.897 bits per heavy atom. The molecule has 3 amide bonds. The first-order chi connectivity index (χ1) is 18.9. The van der Waals surface area contributed by atoms with Crippen LogP contribution in [-0.2, 0) is 38.6 Å². The molecule has 0 saturated heterocycles. The summed E-state index contributed by atoms with van der Waals surface area (Å²) in [5.41, 5.74) is 2.95. The van der Waals surface area contributed by atoms with Crippen molar-refractivity contribution < 1.29 is 29.0 Å². The number of carbonyl (C=O) groups excluding carboxylic acids is 3. The number of nitrogens with zero attached hydrogens (tertiary/aromatic N) is 1. The van der Waals surface area contributed by atoms with E-state index in [0.29, 0.717) is 5.69 Å². The maximum Gasteiger partial charge on any atom is 0.408 e. The Morgan fingerprint density at radius 2 is 1.64 bits per heavy atom. The largest absolute Gasteiger partial charge is 0.480 e. The molecule has 2 heterocycles. The van der Waals surface area contributed by atoms with Crippen molar-refractivity contribution in [1.82, 2.24) is 30.9 Å². The van der Waals surface area contributed by atoms with Gasteiger partial charge in [0.1, 0.15) is 25.2 Å². The summed E-state index contributed by atoms with van der Waals surface area (Å²) < 4.78 is 5.27. The number of amides is 3. The van der Waals surface area contributed by atoms with E-state index in [-0.39, 0.29) is 19.4 Å². The molecule has 4 aromatic rings. The van der Waals surface area contributed by atoms with Gasteiger partial charge in [0.15, 0.2) is 0 Å². The summed E-state index contributed by atoms with van der Waals surface area (Å²) in [6, 6.07) is 14.3. The first-order valence-corrected chi connectivity index (χ1v) is 12.2. The molecule has 0 fully saturated rings. The Labute approximate surface area is 223 Å². The average molecular weight is 533 g/mol. The highest BCUT2D eigenvalue weighted by Crippen LogP contribution is 2.19. The molecule has 12 nitrogen and oxygen atoms in total. The minimum atomic E-state index is -1.22. The van der Waals surface area contributed by atoms with Gasteiger partial charge in [-0.3, -0.25) is 14.4 Å². The molecule has 0 radical (unpaired) electrons. The van der Waals surface area contributed by atoms with E-state index in [9.17, 15) is 19.2 Å². The van der Waals surface area contributed by atoms with Crippen LogP contribution in [0.3, 0.4) is 0 Å². The van der Waals surface area contributed by atoms with E-state index in [4.69, 9.17) is 9.84 Å². The number of benzene rings is 2. The molecule has 202 valence electrons. The SMILES string of the molecule is O=C(O)CNC(=O)[C@H](Cc1c[nH]c2ccccc12)NC(=O)[C@H](Cc1cnc[nH]1)NC(=O)OCc1ccccc1. The number of hydrogen-bond donors (Lipinski definition) is 6. The minimum absolute atomic E-state index is 0.00581. The molecule has 0 saturated carbocycles. The van der Waals surface area contributed by atoms with Gasteiger partial charge >= 0.3 is 12.1 Å². The second kappa shape index (κ2) is 12.9. The first kappa shape index (κ1) is 26.9. The molecule has 2 atom stereocenters. The molecule has 2 aromatic carbocycles. The molecule has 0 aliphatic rings. The van der Waals surface area contributed by atoms with Crippen LogP contribution in [-0.4, -0.2) is 62.6 Å². The van der Waals surface area contributed by atoms with Crippen LogP contribution in [0.2, 0.25) is 0 Å². The quantitative estimate of drug-likeness (QED) is 0.161. The van der Waals surface area contributed by atoms with Gasteiger partial charge in [0.25, 0.3) is 0 Å². The second-order valence-corrected chi connectivity index (χ2v) is 8.78. The lowest BCUT2D eigenvalue weighted by Gasteiger charge is -2.22. The van der Waals surface area contributed by atoms with Crippen molar-refractivity contribution >= 4 is 34.8 Å². The summed E-state index contributed by atoms with van der Waals surface area (Å²) in [5.74, 6) is -2.56. The number of H-pyrrole nitrogens is 2. The van der Waals surface area contributed by atoms with E-state index in [1.54, 1.807) is 18.3 Å². The Bertz CT molecular complexity index is 1420. The maximum atomic E-state index is 13.4. The number of nitrogens with one attached hydrogen (secondary N) is 5. The molecule has 4 rings (SSSR count). The molecule has 39 heavy (non-hydrogen) atoms. The molecule has 0 aliphatic heterocycles. The number of rotatable bonds is 12. The van der Waals surface area contributed by atoms with Crippen LogP contribution in [0.4, 0.5) is 4.79 Å². The number of alkyl carbamates (subject to hydrolysis) is 1. The summed E-state index contributed by atoms with van der Waals surface area (Å²) in [6.45, 7) is -0.605.